The Morgan fingerprint density at radius 1 is 0.909 bits per heavy atom. The number of carbonyl (C=O) groups excluding carboxylic acids is 2. The Morgan fingerprint density at radius 3 is 2.45 bits per heavy atom. The first-order valence-corrected chi connectivity index (χ1v) is 12.5. The Kier molecular flexibility index (Phi) is 6.44. The van der Waals surface area contributed by atoms with E-state index in [2.05, 4.69) is 15.2 Å². The third kappa shape index (κ3) is 4.67. The highest BCUT2D eigenvalue weighted by atomic mass is 16.2. The van der Waals surface area contributed by atoms with Crippen LogP contribution in [0.25, 0.3) is 10.9 Å². The Labute approximate surface area is 194 Å². The summed E-state index contributed by atoms with van der Waals surface area (Å²) in [5, 5.41) is 3.18. The number of aromatic nitrogens is 2. The molecule has 33 heavy (non-hydrogen) atoms. The van der Waals surface area contributed by atoms with Crippen LogP contribution in [-0.2, 0) is 22.6 Å². The first-order chi connectivity index (χ1) is 16.1. The maximum Gasteiger partial charge on any atom is 0.313 e. The lowest BCUT2D eigenvalue weighted by Crippen LogP contribution is -2.54. The molecule has 2 aromatic rings. The lowest BCUT2D eigenvalue weighted by molar-refractivity contribution is -0.144. The highest BCUT2D eigenvalue weighted by Gasteiger charge is 2.29. The maximum atomic E-state index is 13.0. The molecule has 176 valence electrons. The molecule has 8 heteroatoms. The van der Waals surface area contributed by atoms with Crippen LogP contribution in [0.5, 0.6) is 0 Å². The molecule has 1 saturated carbocycles. The van der Waals surface area contributed by atoms with Gasteiger partial charge < -0.3 is 10.2 Å². The van der Waals surface area contributed by atoms with Crippen LogP contribution < -0.4 is 10.9 Å². The fourth-order valence-electron chi connectivity index (χ4n) is 5.56. The van der Waals surface area contributed by atoms with Crippen LogP contribution in [0, 0.1) is 0 Å². The van der Waals surface area contributed by atoms with E-state index < -0.39 is 11.8 Å². The van der Waals surface area contributed by atoms with Gasteiger partial charge in [0.05, 0.1) is 10.9 Å². The molecular formula is C25H33N5O3. The van der Waals surface area contributed by atoms with Crippen LogP contribution in [0.1, 0.15) is 57.2 Å². The van der Waals surface area contributed by atoms with Gasteiger partial charge in [-0.25, -0.2) is 4.98 Å². The Hall–Kier alpha value is -2.74. The summed E-state index contributed by atoms with van der Waals surface area (Å²) in [5.74, 6) is -0.317. The lowest BCUT2D eigenvalue weighted by atomic mass is 9.94. The topological polar surface area (TPSA) is 87.5 Å². The van der Waals surface area contributed by atoms with E-state index in [1.165, 1.54) is 32.1 Å². The number of amides is 2. The Balaban J connectivity index is 1.24. The van der Waals surface area contributed by atoms with Crippen molar-refractivity contribution in [3.8, 4) is 0 Å². The molecule has 0 radical (unpaired) electrons. The predicted octanol–water partition coefficient (Wildman–Crippen LogP) is 2.54. The summed E-state index contributed by atoms with van der Waals surface area (Å²) in [4.78, 5) is 47.3. The van der Waals surface area contributed by atoms with Gasteiger partial charge in [-0.3, -0.25) is 23.9 Å². The van der Waals surface area contributed by atoms with Crippen molar-refractivity contribution in [2.45, 2.75) is 70.4 Å². The van der Waals surface area contributed by atoms with Crippen molar-refractivity contribution in [3.63, 3.8) is 0 Å². The molecule has 1 N–H and O–H groups in total. The molecule has 0 atom stereocenters. The van der Waals surface area contributed by atoms with Gasteiger partial charge >= 0.3 is 11.8 Å². The van der Waals surface area contributed by atoms with Gasteiger partial charge in [0.2, 0.25) is 0 Å². The predicted molar refractivity (Wildman–Crippen MR) is 127 cm³/mol. The number of fused-ring (bicyclic) bond motifs is 2. The molecule has 2 amide bonds. The molecule has 5 rings (SSSR count). The summed E-state index contributed by atoms with van der Waals surface area (Å²) in [6, 6.07) is 5.75. The standard InChI is InChI=1S/C25H33N5O3/c31-23(25(33)29-15-13-28(14-16-29)19-7-3-1-4-8-19)26-18-10-11-21-20(17-18)24(32)30-12-6-2-5-9-22(30)27-21/h10-11,17,19H,1-9,12-16H2,(H,26,31). The van der Waals surface area contributed by atoms with Crippen molar-refractivity contribution in [1.82, 2.24) is 19.4 Å². The van der Waals surface area contributed by atoms with Crippen molar-refractivity contribution in [3.05, 3.63) is 34.4 Å². The minimum atomic E-state index is -0.650. The van der Waals surface area contributed by atoms with E-state index in [1.807, 2.05) is 0 Å². The smallest absolute Gasteiger partial charge is 0.313 e. The van der Waals surface area contributed by atoms with Gasteiger partial charge in [0.1, 0.15) is 5.82 Å². The van der Waals surface area contributed by atoms with Crippen LogP contribution in [0.15, 0.2) is 23.0 Å². The lowest BCUT2D eigenvalue weighted by Gasteiger charge is -2.40. The molecule has 0 unspecified atom stereocenters. The molecule has 3 heterocycles. The molecule has 8 nitrogen and oxygen atoms in total. The van der Waals surface area contributed by atoms with E-state index in [0.717, 1.165) is 44.6 Å². The number of rotatable bonds is 2. The van der Waals surface area contributed by atoms with Crippen molar-refractivity contribution in [2.24, 2.45) is 0 Å². The molecule has 1 saturated heterocycles. The number of carbonyl (C=O) groups is 2. The summed E-state index contributed by atoms with van der Waals surface area (Å²) in [6.07, 6.45) is 10.3. The number of nitrogens with zero attached hydrogens (tertiary/aromatic N) is 4. The molecule has 3 aliphatic rings. The van der Waals surface area contributed by atoms with Crippen LogP contribution in [0.2, 0.25) is 0 Å². The number of nitrogens with one attached hydrogen (secondary N) is 1. The van der Waals surface area contributed by atoms with Gasteiger partial charge in [-0.1, -0.05) is 25.7 Å². The van der Waals surface area contributed by atoms with Gasteiger partial charge in [-0.05, 0) is 43.9 Å². The van der Waals surface area contributed by atoms with E-state index in [-0.39, 0.29) is 5.56 Å². The molecule has 1 aromatic carbocycles. The van der Waals surface area contributed by atoms with E-state index >= 15 is 0 Å². The molecule has 1 aliphatic carbocycles. The summed E-state index contributed by atoms with van der Waals surface area (Å²) < 4.78 is 1.76. The summed E-state index contributed by atoms with van der Waals surface area (Å²) in [7, 11) is 0. The second-order valence-corrected chi connectivity index (χ2v) is 9.60. The normalized spacial score (nSPS) is 20.3. The number of benzene rings is 1. The molecular weight excluding hydrogens is 418 g/mol. The average molecular weight is 452 g/mol. The van der Waals surface area contributed by atoms with E-state index in [9.17, 15) is 14.4 Å². The van der Waals surface area contributed by atoms with Crippen LogP contribution in [-0.4, -0.2) is 63.4 Å². The minimum Gasteiger partial charge on any atom is -0.332 e. The Morgan fingerprint density at radius 2 is 1.67 bits per heavy atom. The highest BCUT2D eigenvalue weighted by molar-refractivity contribution is 6.39. The minimum absolute atomic E-state index is 0.0711. The third-order valence-corrected chi connectivity index (χ3v) is 7.46. The maximum absolute atomic E-state index is 13.0. The van der Waals surface area contributed by atoms with Gasteiger partial charge in [-0.15, -0.1) is 0 Å². The highest BCUT2D eigenvalue weighted by Crippen LogP contribution is 2.24. The number of piperazine rings is 1. The third-order valence-electron chi connectivity index (χ3n) is 7.46. The first-order valence-electron chi connectivity index (χ1n) is 12.5. The summed E-state index contributed by atoms with van der Waals surface area (Å²) in [6.45, 7) is 3.50. The SMILES string of the molecule is O=C(Nc1ccc2nc3n(c(=O)c2c1)CCCCC3)C(=O)N1CCN(C2CCCCC2)CC1. The summed E-state index contributed by atoms with van der Waals surface area (Å²) >= 11 is 0. The summed E-state index contributed by atoms with van der Waals surface area (Å²) in [5.41, 5.74) is 1.02. The van der Waals surface area contributed by atoms with Crippen LogP contribution in [0.3, 0.4) is 0 Å². The second-order valence-electron chi connectivity index (χ2n) is 9.60. The molecule has 0 bridgehead atoms. The van der Waals surface area contributed by atoms with Gasteiger partial charge in [0.15, 0.2) is 0 Å². The van der Waals surface area contributed by atoms with Gasteiger partial charge in [0, 0.05) is 50.9 Å². The molecule has 1 aromatic heterocycles. The largest absolute Gasteiger partial charge is 0.332 e. The monoisotopic (exact) mass is 451 g/mol. The van der Waals surface area contributed by atoms with Crippen molar-refractivity contribution in [2.75, 3.05) is 31.5 Å². The number of hydrogen-bond donors (Lipinski definition) is 1. The second kappa shape index (κ2) is 9.63. The number of anilines is 1. The Bertz CT molecular complexity index is 1100. The zero-order valence-corrected chi connectivity index (χ0v) is 19.2. The first kappa shape index (κ1) is 22.1. The zero-order valence-electron chi connectivity index (χ0n) is 19.2. The molecule has 2 aliphatic heterocycles. The molecule has 0 spiro atoms. The fourth-order valence-corrected chi connectivity index (χ4v) is 5.56. The van der Waals surface area contributed by atoms with Crippen LogP contribution >= 0.6 is 0 Å². The number of hydrogen-bond acceptors (Lipinski definition) is 5. The zero-order chi connectivity index (χ0) is 22.8. The number of aryl methyl sites for hydroxylation is 1. The average Bonchev–Trinajstić information content (AvgIpc) is 3.10. The van der Waals surface area contributed by atoms with Crippen molar-refractivity contribution in [1.29, 1.82) is 0 Å². The van der Waals surface area contributed by atoms with E-state index in [1.54, 1.807) is 27.7 Å². The van der Waals surface area contributed by atoms with Gasteiger partial charge in [0.25, 0.3) is 5.56 Å². The van der Waals surface area contributed by atoms with E-state index in [0.29, 0.717) is 42.3 Å². The fraction of sp³-hybridized carbons (Fsp3) is 0.600. The van der Waals surface area contributed by atoms with Gasteiger partial charge in [-0.2, -0.15) is 0 Å². The quantitative estimate of drug-likeness (QED) is 0.709. The van der Waals surface area contributed by atoms with E-state index in [4.69, 9.17) is 0 Å². The molecule has 2 fully saturated rings. The van der Waals surface area contributed by atoms with Crippen LogP contribution in [0.4, 0.5) is 5.69 Å². The van der Waals surface area contributed by atoms with Crippen molar-refractivity contribution >= 4 is 28.4 Å². The van der Waals surface area contributed by atoms with Crippen molar-refractivity contribution < 1.29 is 9.59 Å².